The largest absolute Gasteiger partial charge is 0.497 e. The fraction of sp³-hybridized carbons (Fsp3) is 0.176. The van der Waals surface area contributed by atoms with E-state index in [-0.39, 0.29) is 12.1 Å². The topological polar surface area (TPSA) is 56.1 Å². The molecule has 0 fully saturated rings. The average molecular weight is 293 g/mol. The molecular weight excluding hydrogens is 278 g/mol. The summed E-state index contributed by atoms with van der Waals surface area (Å²) in [6, 6.07) is 15.4. The Morgan fingerprint density at radius 3 is 2.73 bits per heavy atom. The van der Waals surface area contributed by atoms with E-state index in [0.29, 0.717) is 6.42 Å². The lowest BCUT2D eigenvalue weighted by Gasteiger charge is -2.09. The van der Waals surface area contributed by atoms with Gasteiger partial charge in [-0.3, -0.25) is 0 Å². The molecule has 110 valence electrons. The van der Waals surface area contributed by atoms with Crippen molar-refractivity contribution >= 4 is 17.1 Å². The highest BCUT2D eigenvalue weighted by molar-refractivity contribution is 5.92. The van der Waals surface area contributed by atoms with Crippen LogP contribution in [0.3, 0.4) is 0 Å². The van der Waals surface area contributed by atoms with E-state index in [4.69, 9.17) is 4.74 Å². The summed E-state index contributed by atoms with van der Waals surface area (Å²) in [5, 5.41) is 3.00. The van der Waals surface area contributed by atoms with Gasteiger partial charge in [-0.05, 0) is 36.2 Å². The zero-order valence-electron chi connectivity index (χ0n) is 12.1. The Morgan fingerprint density at radius 1 is 1.18 bits per heavy atom. The third-order valence-electron chi connectivity index (χ3n) is 4.00. The van der Waals surface area contributed by atoms with Gasteiger partial charge in [0.05, 0.1) is 24.2 Å². The third kappa shape index (κ3) is 1.94. The van der Waals surface area contributed by atoms with Crippen LogP contribution in [0.4, 0.5) is 4.79 Å². The summed E-state index contributed by atoms with van der Waals surface area (Å²) in [6.45, 7) is 0. The first-order valence-corrected chi connectivity index (χ1v) is 7.17. The summed E-state index contributed by atoms with van der Waals surface area (Å²) in [7, 11) is 1.65. The van der Waals surface area contributed by atoms with Crippen molar-refractivity contribution in [2.75, 3.05) is 7.11 Å². The maximum Gasteiger partial charge on any atom is 0.328 e. The van der Waals surface area contributed by atoms with Crippen molar-refractivity contribution in [3.05, 3.63) is 59.9 Å². The van der Waals surface area contributed by atoms with Crippen molar-refractivity contribution in [1.82, 2.24) is 14.9 Å². The summed E-state index contributed by atoms with van der Waals surface area (Å²) in [4.78, 5) is 16.8. The average Bonchev–Trinajstić information content (AvgIpc) is 3.07. The number of aromatic nitrogens is 2. The number of hydrogen-bond donors (Lipinski definition) is 1. The Kier molecular flexibility index (Phi) is 2.85. The molecule has 1 aliphatic rings. The minimum atomic E-state index is -0.109. The zero-order valence-corrected chi connectivity index (χ0v) is 12.1. The first kappa shape index (κ1) is 12.9. The lowest BCUT2D eigenvalue weighted by molar-refractivity contribution is 0.245. The number of carbonyl (C=O) groups is 1. The minimum Gasteiger partial charge on any atom is -0.497 e. The number of rotatable bonds is 3. The predicted molar refractivity (Wildman–Crippen MR) is 83.1 cm³/mol. The van der Waals surface area contributed by atoms with Crippen LogP contribution in [0.1, 0.15) is 17.4 Å². The molecule has 0 aliphatic carbocycles. The van der Waals surface area contributed by atoms with E-state index in [1.807, 2.05) is 48.5 Å². The van der Waals surface area contributed by atoms with Crippen molar-refractivity contribution in [2.45, 2.75) is 12.5 Å². The van der Waals surface area contributed by atoms with Crippen LogP contribution in [-0.2, 0) is 6.42 Å². The van der Waals surface area contributed by atoms with Crippen molar-refractivity contribution in [3.8, 4) is 5.75 Å². The molecule has 4 rings (SSSR count). The number of imidazole rings is 1. The van der Waals surface area contributed by atoms with Gasteiger partial charge in [-0.15, -0.1) is 0 Å². The molecule has 1 atom stereocenters. The molecule has 1 aliphatic heterocycles. The highest BCUT2D eigenvalue weighted by Crippen LogP contribution is 2.28. The Labute approximate surface area is 127 Å². The summed E-state index contributed by atoms with van der Waals surface area (Å²) in [5.41, 5.74) is 2.84. The molecule has 0 saturated heterocycles. The number of ether oxygens (including phenoxy) is 1. The number of hydrogen-bond acceptors (Lipinski definition) is 3. The van der Waals surface area contributed by atoms with E-state index < -0.39 is 0 Å². The second-order valence-electron chi connectivity index (χ2n) is 5.35. The van der Waals surface area contributed by atoms with Gasteiger partial charge >= 0.3 is 6.03 Å². The molecule has 2 heterocycles. The van der Waals surface area contributed by atoms with E-state index in [2.05, 4.69) is 10.3 Å². The van der Waals surface area contributed by atoms with Gasteiger partial charge in [0.25, 0.3) is 0 Å². The van der Waals surface area contributed by atoms with Gasteiger partial charge in [0, 0.05) is 0 Å². The van der Waals surface area contributed by atoms with E-state index >= 15 is 0 Å². The maximum absolute atomic E-state index is 12.2. The van der Waals surface area contributed by atoms with Crippen LogP contribution in [0.15, 0.2) is 48.5 Å². The molecule has 0 spiro atoms. The summed E-state index contributed by atoms with van der Waals surface area (Å²) >= 11 is 0. The molecular formula is C17H15N3O2. The van der Waals surface area contributed by atoms with Crippen LogP contribution in [0.5, 0.6) is 5.75 Å². The number of para-hydroxylation sites is 2. The molecule has 0 unspecified atom stereocenters. The van der Waals surface area contributed by atoms with Gasteiger partial charge in [0.2, 0.25) is 0 Å². The Hall–Kier alpha value is -2.82. The first-order valence-electron chi connectivity index (χ1n) is 7.17. The van der Waals surface area contributed by atoms with Crippen molar-refractivity contribution < 1.29 is 9.53 Å². The zero-order chi connectivity index (χ0) is 15.1. The summed E-state index contributed by atoms with van der Waals surface area (Å²) in [6.07, 6.45) is 0.707. The van der Waals surface area contributed by atoms with Crippen LogP contribution >= 0.6 is 0 Å². The second kappa shape index (κ2) is 4.87. The molecule has 0 saturated carbocycles. The van der Waals surface area contributed by atoms with Crippen molar-refractivity contribution in [2.24, 2.45) is 0 Å². The van der Waals surface area contributed by atoms with Crippen LogP contribution in [0.25, 0.3) is 11.0 Å². The molecule has 22 heavy (non-hydrogen) atoms. The number of benzene rings is 2. The standard InChI is InChI=1S/C17H15N3O2/c1-22-12-8-6-11(7-9-12)10-14-16-18-13-4-2-3-5-15(13)20(16)17(21)19-14/h2-9,14H,10H2,1H3,(H,19,21)/t14-/m1/s1. The Balaban J connectivity index is 1.69. The highest BCUT2D eigenvalue weighted by Gasteiger charge is 2.31. The number of carbonyl (C=O) groups excluding carboxylic acids is 1. The number of nitrogens with one attached hydrogen (secondary N) is 1. The highest BCUT2D eigenvalue weighted by atomic mass is 16.5. The number of fused-ring (bicyclic) bond motifs is 3. The number of methoxy groups -OCH3 is 1. The van der Waals surface area contributed by atoms with Crippen molar-refractivity contribution in [1.29, 1.82) is 0 Å². The van der Waals surface area contributed by atoms with E-state index in [1.54, 1.807) is 11.7 Å². The van der Waals surface area contributed by atoms with Crippen LogP contribution in [0.2, 0.25) is 0 Å². The predicted octanol–water partition coefficient (Wildman–Crippen LogP) is 2.90. The van der Waals surface area contributed by atoms with E-state index in [1.165, 1.54) is 0 Å². The molecule has 3 aromatic rings. The number of nitrogens with zero attached hydrogens (tertiary/aromatic N) is 2. The molecule has 0 radical (unpaired) electrons. The van der Waals surface area contributed by atoms with Crippen LogP contribution in [-0.4, -0.2) is 22.7 Å². The fourth-order valence-corrected chi connectivity index (χ4v) is 2.91. The second-order valence-corrected chi connectivity index (χ2v) is 5.35. The smallest absolute Gasteiger partial charge is 0.328 e. The SMILES string of the molecule is COc1ccc(C[C@H]2NC(=O)n3c2nc2ccccc23)cc1. The Morgan fingerprint density at radius 2 is 1.95 bits per heavy atom. The quantitative estimate of drug-likeness (QED) is 0.808. The lowest BCUT2D eigenvalue weighted by Crippen LogP contribution is -2.22. The molecule has 5 heteroatoms. The van der Waals surface area contributed by atoms with E-state index in [9.17, 15) is 4.79 Å². The molecule has 0 bridgehead atoms. The molecule has 1 aromatic heterocycles. The summed E-state index contributed by atoms with van der Waals surface area (Å²) < 4.78 is 6.84. The van der Waals surface area contributed by atoms with Gasteiger partial charge in [0.1, 0.15) is 11.6 Å². The van der Waals surface area contributed by atoms with Gasteiger partial charge in [0.15, 0.2) is 0 Å². The fourth-order valence-electron chi connectivity index (χ4n) is 2.91. The maximum atomic E-state index is 12.2. The number of amides is 1. The minimum absolute atomic E-state index is 0.103. The van der Waals surface area contributed by atoms with Crippen LogP contribution < -0.4 is 10.1 Å². The van der Waals surface area contributed by atoms with Crippen LogP contribution in [0, 0.1) is 0 Å². The molecule has 1 N–H and O–H groups in total. The van der Waals surface area contributed by atoms with Gasteiger partial charge in [-0.2, -0.15) is 0 Å². The first-order chi connectivity index (χ1) is 10.8. The lowest BCUT2D eigenvalue weighted by atomic mass is 10.1. The molecule has 5 nitrogen and oxygen atoms in total. The monoisotopic (exact) mass is 293 g/mol. The normalized spacial score (nSPS) is 16.6. The van der Waals surface area contributed by atoms with Crippen molar-refractivity contribution in [3.63, 3.8) is 0 Å². The molecule has 1 amide bonds. The Bertz CT molecular complexity index is 852. The molecule has 2 aromatic carbocycles. The van der Waals surface area contributed by atoms with Gasteiger partial charge < -0.3 is 10.1 Å². The van der Waals surface area contributed by atoms with E-state index in [0.717, 1.165) is 28.2 Å². The third-order valence-corrected chi connectivity index (χ3v) is 4.00. The summed E-state index contributed by atoms with van der Waals surface area (Å²) in [5.74, 6) is 1.61. The van der Waals surface area contributed by atoms with Gasteiger partial charge in [-0.1, -0.05) is 24.3 Å². The van der Waals surface area contributed by atoms with Gasteiger partial charge in [-0.25, -0.2) is 14.3 Å².